The molecule has 0 saturated heterocycles. The van der Waals surface area contributed by atoms with Crippen molar-refractivity contribution >= 4 is 5.69 Å². The number of phenols is 1. The summed E-state index contributed by atoms with van der Waals surface area (Å²) in [6.45, 7) is 4.13. The van der Waals surface area contributed by atoms with Crippen LogP contribution in [0.3, 0.4) is 0 Å². The van der Waals surface area contributed by atoms with Gasteiger partial charge < -0.3 is 10.8 Å². The van der Waals surface area contributed by atoms with Crippen LogP contribution >= 0.6 is 0 Å². The van der Waals surface area contributed by atoms with E-state index >= 15 is 0 Å². The average Bonchev–Trinajstić information content (AvgIpc) is 2.26. The third-order valence-electron chi connectivity index (χ3n) is 2.84. The van der Waals surface area contributed by atoms with Crippen molar-refractivity contribution in [2.45, 2.75) is 13.8 Å². The summed E-state index contributed by atoms with van der Waals surface area (Å²) in [6, 6.07) is 11.2. The fourth-order valence-electron chi connectivity index (χ4n) is 1.69. The summed E-state index contributed by atoms with van der Waals surface area (Å²) in [4.78, 5) is 0. The Morgan fingerprint density at radius 1 is 0.938 bits per heavy atom. The maximum absolute atomic E-state index is 9.79. The number of aromatic hydroxyl groups is 1. The zero-order valence-electron chi connectivity index (χ0n) is 9.49. The summed E-state index contributed by atoms with van der Waals surface area (Å²) in [5, 5.41) is 9.79. The molecule has 82 valence electrons. The smallest absolute Gasteiger partial charge is 0.123 e. The number of nitrogens with two attached hydrogens (primary N) is 1. The number of aryl methyl sites for hydroxylation is 2. The second kappa shape index (κ2) is 3.89. The first-order valence-corrected chi connectivity index (χ1v) is 5.24. The van der Waals surface area contributed by atoms with Gasteiger partial charge in [0.05, 0.1) is 0 Å². The third kappa shape index (κ3) is 1.87. The highest BCUT2D eigenvalue weighted by atomic mass is 16.3. The SMILES string of the molecule is Cc1ccc(-c2cc(N)ccc2O)cc1C. The summed E-state index contributed by atoms with van der Waals surface area (Å²) in [5.41, 5.74) is 10.6. The maximum Gasteiger partial charge on any atom is 0.123 e. The minimum absolute atomic E-state index is 0.262. The molecule has 0 aromatic heterocycles. The lowest BCUT2D eigenvalue weighted by atomic mass is 9.99. The third-order valence-corrected chi connectivity index (χ3v) is 2.84. The normalized spacial score (nSPS) is 10.4. The van der Waals surface area contributed by atoms with Crippen LogP contribution in [0, 0.1) is 13.8 Å². The molecule has 0 heterocycles. The Bertz CT molecular complexity index is 532. The van der Waals surface area contributed by atoms with Crippen LogP contribution in [0.5, 0.6) is 5.75 Å². The van der Waals surface area contributed by atoms with Gasteiger partial charge in [-0.1, -0.05) is 18.2 Å². The standard InChI is InChI=1S/C14H15NO/c1-9-3-4-11(7-10(9)2)13-8-12(15)5-6-14(13)16/h3-8,16H,15H2,1-2H3. The van der Waals surface area contributed by atoms with Gasteiger partial charge >= 0.3 is 0 Å². The molecule has 2 nitrogen and oxygen atoms in total. The molecular weight excluding hydrogens is 198 g/mol. The van der Waals surface area contributed by atoms with Gasteiger partial charge in [-0.15, -0.1) is 0 Å². The van der Waals surface area contributed by atoms with Gasteiger partial charge in [0.15, 0.2) is 0 Å². The highest BCUT2D eigenvalue weighted by Gasteiger charge is 2.05. The van der Waals surface area contributed by atoms with Crippen LogP contribution in [0.15, 0.2) is 36.4 Å². The predicted octanol–water partition coefficient (Wildman–Crippen LogP) is 3.26. The summed E-state index contributed by atoms with van der Waals surface area (Å²) in [7, 11) is 0. The first-order chi connectivity index (χ1) is 7.58. The zero-order chi connectivity index (χ0) is 11.7. The minimum atomic E-state index is 0.262. The van der Waals surface area contributed by atoms with Crippen LogP contribution in [0.2, 0.25) is 0 Å². The highest BCUT2D eigenvalue weighted by molar-refractivity contribution is 5.74. The van der Waals surface area contributed by atoms with E-state index in [9.17, 15) is 5.11 Å². The van der Waals surface area contributed by atoms with Crippen LogP contribution in [0.1, 0.15) is 11.1 Å². The van der Waals surface area contributed by atoms with E-state index in [1.807, 2.05) is 12.1 Å². The molecule has 2 aromatic carbocycles. The fourth-order valence-corrected chi connectivity index (χ4v) is 1.69. The van der Waals surface area contributed by atoms with Crippen molar-refractivity contribution in [1.29, 1.82) is 0 Å². The molecule has 0 bridgehead atoms. The Balaban J connectivity index is 2.58. The van der Waals surface area contributed by atoms with Gasteiger partial charge in [0, 0.05) is 11.3 Å². The number of hydrogen-bond donors (Lipinski definition) is 2. The lowest BCUT2D eigenvalue weighted by Crippen LogP contribution is -1.88. The molecule has 0 spiro atoms. The van der Waals surface area contributed by atoms with E-state index in [1.54, 1.807) is 18.2 Å². The molecule has 16 heavy (non-hydrogen) atoms. The summed E-state index contributed by atoms with van der Waals surface area (Å²) < 4.78 is 0. The van der Waals surface area contributed by atoms with Gasteiger partial charge in [-0.05, 0) is 48.7 Å². The molecule has 0 atom stereocenters. The second-order valence-electron chi connectivity index (χ2n) is 4.08. The van der Waals surface area contributed by atoms with Crippen molar-refractivity contribution in [3.05, 3.63) is 47.5 Å². The molecule has 0 aliphatic rings. The molecule has 2 rings (SSSR count). The molecule has 2 heteroatoms. The first kappa shape index (κ1) is 10.6. The fraction of sp³-hybridized carbons (Fsp3) is 0.143. The number of phenolic OH excluding ortho intramolecular Hbond substituents is 1. The van der Waals surface area contributed by atoms with Crippen molar-refractivity contribution in [3.8, 4) is 16.9 Å². The topological polar surface area (TPSA) is 46.2 Å². The monoisotopic (exact) mass is 213 g/mol. The van der Waals surface area contributed by atoms with Crippen LogP contribution in [-0.4, -0.2) is 5.11 Å². The van der Waals surface area contributed by atoms with Gasteiger partial charge in [0.25, 0.3) is 0 Å². The van der Waals surface area contributed by atoms with E-state index in [4.69, 9.17) is 5.73 Å². The van der Waals surface area contributed by atoms with Crippen molar-refractivity contribution in [2.24, 2.45) is 0 Å². The number of benzene rings is 2. The van der Waals surface area contributed by atoms with Gasteiger partial charge in [-0.3, -0.25) is 0 Å². The number of nitrogen functional groups attached to an aromatic ring is 1. The molecule has 0 aliphatic heterocycles. The van der Waals surface area contributed by atoms with Crippen molar-refractivity contribution < 1.29 is 5.11 Å². The Morgan fingerprint density at radius 3 is 2.38 bits per heavy atom. The lowest BCUT2D eigenvalue weighted by Gasteiger charge is -2.08. The Labute approximate surface area is 95.4 Å². The molecule has 0 saturated carbocycles. The number of anilines is 1. The Kier molecular flexibility index (Phi) is 2.57. The van der Waals surface area contributed by atoms with E-state index < -0.39 is 0 Å². The molecular formula is C14H15NO. The molecule has 0 fully saturated rings. The van der Waals surface area contributed by atoms with Crippen LogP contribution in [0.4, 0.5) is 5.69 Å². The van der Waals surface area contributed by atoms with Gasteiger partial charge in [-0.25, -0.2) is 0 Å². The largest absolute Gasteiger partial charge is 0.507 e. The first-order valence-electron chi connectivity index (χ1n) is 5.24. The molecule has 0 unspecified atom stereocenters. The van der Waals surface area contributed by atoms with Crippen LogP contribution < -0.4 is 5.73 Å². The second-order valence-corrected chi connectivity index (χ2v) is 4.08. The lowest BCUT2D eigenvalue weighted by molar-refractivity contribution is 0.477. The van der Waals surface area contributed by atoms with Gasteiger partial charge in [0.2, 0.25) is 0 Å². The summed E-state index contributed by atoms with van der Waals surface area (Å²) >= 11 is 0. The van der Waals surface area contributed by atoms with Gasteiger partial charge in [-0.2, -0.15) is 0 Å². The molecule has 0 aliphatic carbocycles. The van der Waals surface area contributed by atoms with Crippen LogP contribution in [-0.2, 0) is 0 Å². The number of rotatable bonds is 1. The molecule has 3 N–H and O–H groups in total. The number of hydrogen-bond acceptors (Lipinski definition) is 2. The maximum atomic E-state index is 9.79. The zero-order valence-corrected chi connectivity index (χ0v) is 9.49. The van der Waals surface area contributed by atoms with Gasteiger partial charge in [0.1, 0.15) is 5.75 Å². The highest BCUT2D eigenvalue weighted by Crippen LogP contribution is 2.31. The molecule has 2 aromatic rings. The summed E-state index contributed by atoms with van der Waals surface area (Å²) in [5.74, 6) is 0.262. The van der Waals surface area contributed by atoms with E-state index in [0.29, 0.717) is 5.69 Å². The van der Waals surface area contributed by atoms with Crippen molar-refractivity contribution in [3.63, 3.8) is 0 Å². The Morgan fingerprint density at radius 2 is 1.69 bits per heavy atom. The van der Waals surface area contributed by atoms with Crippen molar-refractivity contribution in [2.75, 3.05) is 5.73 Å². The van der Waals surface area contributed by atoms with E-state index in [2.05, 4.69) is 19.9 Å². The van der Waals surface area contributed by atoms with E-state index in [1.165, 1.54) is 11.1 Å². The minimum Gasteiger partial charge on any atom is -0.507 e. The summed E-state index contributed by atoms with van der Waals surface area (Å²) in [6.07, 6.45) is 0. The Hall–Kier alpha value is -1.96. The van der Waals surface area contributed by atoms with E-state index in [-0.39, 0.29) is 5.75 Å². The predicted molar refractivity (Wildman–Crippen MR) is 67.4 cm³/mol. The van der Waals surface area contributed by atoms with E-state index in [0.717, 1.165) is 11.1 Å². The quantitative estimate of drug-likeness (QED) is 0.564. The average molecular weight is 213 g/mol. The molecule has 0 radical (unpaired) electrons. The van der Waals surface area contributed by atoms with Crippen molar-refractivity contribution in [1.82, 2.24) is 0 Å². The van der Waals surface area contributed by atoms with Crippen LogP contribution in [0.25, 0.3) is 11.1 Å². The molecule has 0 amide bonds.